The zero-order valence-corrected chi connectivity index (χ0v) is 17.4. The molecule has 0 radical (unpaired) electrons. The highest BCUT2D eigenvalue weighted by molar-refractivity contribution is 7.80. The Hall–Kier alpha value is -1.73. The topological polar surface area (TPSA) is 62.4 Å². The number of nitrogens with one attached hydrogen (secondary N) is 3. The van der Waals surface area contributed by atoms with Gasteiger partial charge in [0.2, 0.25) is 9.70 Å². The number of rotatable bonds is 6. The second-order valence-corrected chi connectivity index (χ2v) is 8.31. The number of carbonyl (C=O) groups is 1. The molecule has 3 N–H and O–H groups in total. The molecule has 0 spiro atoms. The fourth-order valence-electron chi connectivity index (χ4n) is 2.17. The van der Waals surface area contributed by atoms with Gasteiger partial charge in [0.15, 0.2) is 5.11 Å². The minimum Gasteiger partial charge on any atom is -0.497 e. The second kappa shape index (κ2) is 9.99. The number of amides is 1. The van der Waals surface area contributed by atoms with Crippen LogP contribution in [0.5, 0.6) is 5.75 Å². The smallest absolute Gasteiger partial charge is 0.228 e. The van der Waals surface area contributed by atoms with E-state index in [9.17, 15) is 4.79 Å². The highest BCUT2D eigenvalue weighted by atomic mass is 35.6. The Morgan fingerprint density at radius 3 is 2.26 bits per heavy atom. The van der Waals surface area contributed by atoms with Crippen LogP contribution >= 0.6 is 47.0 Å². The fraction of sp³-hybridized carbons (Fsp3) is 0.222. The lowest BCUT2D eigenvalue weighted by molar-refractivity contribution is -0.121. The van der Waals surface area contributed by atoms with Gasteiger partial charge in [-0.05, 0) is 42.0 Å². The number of methoxy groups -OCH3 is 1. The summed E-state index contributed by atoms with van der Waals surface area (Å²) in [5, 5.41) is 8.61. The van der Waals surface area contributed by atoms with Crippen LogP contribution < -0.4 is 20.7 Å². The van der Waals surface area contributed by atoms with Gasteiger partial charge in [0.1, 0.15) is 11.9 Å². The molecule has 9 heteroatoms. The number of hydrogen-bond acceptors (Lipinski definition) is 3. The van der Waals surface area contributed by atoms with Crippen molar-refractivity contribution in [3.8, 4) is 5.75 Å². The summed E-state index contributed by atoms with van der Waals surface area (Å²) in [6.07, 6.45) is -0.865. The van der Waals surface area contributed by atoms with Crippen LogP contribution in [-0.2, 0) is 11.2 Å². The molecule has 0 aliphatic rings. The summed E-state index contributed by atoms with van der Waals surface area (Å²) in [6, 6.07) is 16.4. The maximum atomic E-state index is 12.3. The minimum atomic E-state index is -1.81. The standard InChI is InChI=1S/C18H18Cl3N3O2S/c1-26-14-9-7-13(8-10-14)22-17(27)24-16(18(19,20)21)23-15(25)11-12-5-3-2-4-6-12/h2-10,16H,11H2,1H3,(H,23,25)(H2,22,24,27)/t16-/m1/s1. The Kier molecular flexibility index (Phi) is 7.98. The predicted octanol–water partition coefficient (Wildman–Crippen LogP) is 4.04. The first kappa shape index (κ1) is 21.6. The molecule has 2 aromatic rings. The average Bonchev–Trinajstić information content (AvgIpc) is 2.62. The van der Waals surface area contributed by atoms with Gasteiger partial charge < -0.3 is 20.7 Å². The molecule has 27 heavy (non-hydrogen) atoms. The van der Waals surface area contributed by atoms with Crippen LogP contribution in [0.15, 0.2) is 54.6 Å². The number of halogens is 3. The third-order valence-corrected chi connectivity index (χ3v) is 4.34. The normalized spacial score (nSPS) is 12.0. The highest BCUT2D eigenvalue weighted by Crippen LogP contribution is 2.29. The largest absolute Gasteiger partial charge is 0.497 e. The number of hydrogen-bond donors (Lipinski definition) is 3. The SMILES string of the molecule is COc1ccc(NC(=S)N[C@@H](NC(=O)Cc2ccccc2)C(Cl)(Cl)Cl)cc1. The minimum absolute atomic E-state index is 0.151. The number of carbonyl (C=O) groups excluding carboxylic acids is 1. The van der Waals surface area contributed by atoms with E-state index in [4.69, 9.17) is 51.8 Å². The first-order valence-corrected chi connectivity index (χ1v) is 9.43. The molecule has 0 unspecified atom stereocenters. The van der Waals surface area contributed by atoms with Crippen molar-refractivity contribution in [1.29, 1.82) is 0 Å². The van der Waals surface area contributed by atoms with Crippen LogP contribution in [0.1, 0.15) is 5.56 Å². The number of alkyl halides is 3. The van der Waals surface area contributed by atoms with Crippen molar-refractivity contribution in [2.24, 2.45) is 0 Å². The van der Waals surface area contributed by atoms with E-state index in [0.717, 1.165) is 5.56 Å². The molecule has 0 saturated carbocycles. The monoisotopic (exact) mass is 445 g/mol. The zero-order chi connectivity index (χ0) is 19.9. The van der Waals surface area contributed by atoms with E-state index in [0.29, 0.717) is 11.4 Å². The molecule has 5 nitrogen and oxygen atoms in total. The first-order valence-electron chi connectivity index (χ1n) is 7.89. The van der Waals surface area contributed by atoms with Crippen molar-refractivity contribution in [1.82, 2.24) is 10.6 Å². The molecule has 0 aromatic heterocycles. The van der Waals surface area contributed by atoms with Gasteiger partial charge in [-0.25, -0.2) is 0 Å². The maximum absolute atomic E-state index is 12.3. The molecule has 1 atom stereocenters. The molecule has 0 heterocycles. The van der Waals surface area contributed by atoms with Crippen molar-refractivity contribution in [3.05, 3.63) is 60.2 Å². The van der Waals surface area contributed by atoms with Crippen LogP contribution in [-0.4, -0.2) is 28.1 Å². The van der Waals surface area contributed by atoms with Crippen LogP contribution in [0.2, 0.25) is 0 Å². The molecule has 0 aliphatic heterocycles. The van der Waals surface area contributed by atoms with E-state index < -0.39 is 9.96 Å². The van der Waals surface area contributed by atoms with E-state index in [1.54, 1.807) is 31.4 Å². The van der Waals surface area contributed by atoms with E-state index in [-0.39, 0.29) is 17.4 Å². The molecule has 2 rings (SSSR count). The van der Waals surface area contributed by atoms with Crippen molar-refractivity contribution in [2.45, 2.75) is 16.4 Å². The summed E-state index contributed by atoms with van der Waals surface area (Å²) in [7, 11) is 1.58. The van der Waals surface area contributed by atoms with Crippen molar-refractivity contribution in [2.75, 3.05) is 12.4 Å². The van der Waals surface area contributed by atoms with Gasteiger partial charge in [-0.2, -0.15) is 0 Å². The Morgan fingerprint density at radius 2 is 1.70 bits per heavy atom. The number of anilines is 1. The van der Waals surface area contributed by atoms with E-state index in [1.165, 1.54) is 0 Å². The summed E-state index contributed by atoms with van der Waals surface area (Å²) in [4.78, 5) is 12.3. The quantitative estimate of drug-likeness (QED) is 0.355. The highest BCUT2D eigenvalue weighted by Gasteiger charge is 2.34. The molecule has 0 bridgehead atoms. The summed E-state index contributed by atoms with van der Waals surface area (Å²) >= 11 is 23.2. The van der Waals surface area contributed by atoms with Crippen molar-refractivity contribution in [3.63, 3.8) is 0 Å². The lowest BCUT2D eigenvalue weighted by Gasteiger charge is -2.27. The van der Waals surface area contributed by atoms with Crippen molar-refractivity contribution < 1.29 is 9.53 Å². The van der Waals surface area contributed by atoms with Gasteiger partial charge in [-0.3, -0.25) is 4.79 Å². The van der Waals surface area contributed by atoms with E-state index >= 15 is 0 Å². The van der Waals surface area contributed by atoms with Crippen molar-refractivity contribution >= 4 is 63.7 Å². The molecule has 0 saturated heterocycles. The van der Waals surface area contributed by atoms with Gasteiger partial charge in [-0.15, -0.1) is 0 Å². The summed E-state index contributed by atoms with van der Waals surface area (Å²) in [6.45, 7) is 0. The Labute approximate surface area is 178 Å². The number of benzene rings is 2. The Morgan fingerprint density at radius 1 is 1.07 bits per heavy atom. The van der Waals surface area contributed by atoms with Crippen LogP contribution in [0.4, 0.5) is 5.69 Å². The maximum Gasteiger partial charge on any atom is 0.228 e. The molecule has 2 aromatic carbocycles. The predicted molar refractivity (Wildman–Crippen MR) is 115 cm³/mol. The van der Waals surface area contributed by atoms with Gasteiger partial charge in [-0.1, -0.05) is 65.1 Å². The molecule has 144 valence electrons. The van der Waals surface area contributed by atoms with Crippen LogP contribution in [0, 0.1) is 0 Å². The third-order valence-electron chi connectivity index (χ3n) is 3.46. The lowest BCUT2D eigenvalue weighted by Crippen LogP contribution is -2.56. The van der Waals surface area contributed by atoms with Gasteiger partial charge in [0.25, 0.3) is 0 Å². The zero-order valence-electron chi connectivity index (χ0n) is 14.3. The fourth-order valence-corrected chi connectivity index (χ4v) is 2.73. The third kappa shape index (κ3) is 7.42. The molecule has 1 amide bonds. The number of thiocarbonyl (C=S) groups is 1. The lowest BCUT2D eigenvalue weighted by atomic mass is 10.1. The van der Waals surface area contributed by atoms with Crippen LogP contribution in [0.25, 0.3) is 0 Å². The summed E-state index contributed by atoms with van der Waals surface area (Å²) < 4.78 is 3.29. The summed E-state index contributed by atoms with van der Waals surface area (Å²) in [5.74, 6) is 0.407. The Bertz CT molecular complexity index is 768. The molecular weight excluding hydrogens is 429 g/mol. The molecule has 0 aliphatic carbocycles. The average molecular weight is 447 g/mol. The molecular formula is C18H18Cl3N3O2S. The Balaban J connectivity index is 1.96. The van der Waals surface area contributed by atoms with Crippen LogP contribution in [0.3, 0.4) is 0 Å². The summed E-state index contributed by atoms with van der Waals surface area (Å²) in [5.41, 5.74) is 1.56. The van der Waals surface area contributed by atoms with Gasteiger partial charge in [0, 0.05) is 5.69 Å². The van der Waals surface area contributed by atoms with Gasteiger partial charge in [0.05, 0.1) is 13.5 Å². The molecule has 0 fully saturated rings. The van der Waals surface area contributed by atoms with Gasteiger partial charge >= 0.3 is 0 Å². The van der Waals surface area contributed by atoms with E-state index in [2.05, 4.69) is 16.0 Å². The van der Waals surface area contributed by atoms with E-state index in [1.807, 2.05) is 30.3 Å². The number of ether oxygens (including phenoxy) is 1. The first-order chi connectivity index (χ1) is 12.8. The second-order valence-electron chi connectivity index (χ2n) is 5.53.